The average molecular weight is 725 g/mol. The second-order valence-corrected chi connectivity index (χ2v) is 14.3. The number of nitrogens with zero attached hydrogens (tertiary/aromatic N) is 6. The molecule has 0 spiro atoms. The van der Waals surface area contributed by atoms with Crippen molar-refractivity contribution in [3.63, 3.8) is 0 Å². The molecule has 11 rings (SSSR count). The van der Waals surface area contributed by atoms with Gasteiger partial charge in [-0.3, -0.25) is 0 Å². The molecule has 55 heavy (non-hydrogen) atoms. The van der Waals surface area contributed by atoms with E-state index in [1.165, 1.54) is 15.5 Å². The SMILES string of the molecule is c1ccc(-c2nc(-c3ccccc3)nc(-c3ccc4nc(-c5cccc(-c6ccc7c(c6)c6ccccc6n7-c6ccc7scnc7c6)c5)oc4c3)n2)cc1. The number of hydrogen-bond acceptors (Lipinski definition) is 7. The molecule has 0 aliphatic carbocycles. The number of para-hydroxylation sites is 1. The van der Waals surface area contributed by atoms with Crippen molar-refractivity contribution in [1.29, 1.82) is 0 Å². The molecule has 0 saturated heterocycles. The summed E-state index contributed by atoms with van der Waals surface area (Å²) in [5.74, 6) is 2.34. The van der Waals surface area contributed by atoms with Gasteiger partial charge in [-0.05, 0) is 77.9 Å². The van der Waals surface area contributed by atoms with Crippen LogP contribution in [-0.2, 0) is 0 Å². The van der Waals surface area contributed by atoms with Gasteiger partial charge in [0.05, 0.1) is 26.8 Å². The molecule has 0 unspecified atom stereocenters. The van der Waals surface area contributed by atoms with Gasteiger partial charge >= 0.3 is 0 Å². The molecule has 0 aliphatic rings. The summed E-state index contributed by atoms with van der Waals surface area (Å²) in [6.07, 6.45) is 0. The molecule has 7 nitrogen and oxygen atoms in total. The van der Waals surface area contributed by atoms with Crippen molar-refractivity contribution in [2.45, 2.75) is 0 Å². The van der Waals surface area contributed by atoms with Gasteiger partial charge in [0, 0.05) is 38.7 Å². The molecule has 258 valence electrons. The number of oxazole rings is 1. The first-order valence-corrected chi connectivity index (χ1v) is 18.9. The van der Waals surface area contributed by atoms with E-state index in [1.807, 2.05) is 90.4 Å². The third kappa shape index (κ3) is 5.47. The van der Waals surface area contributed by atoms with Gasteiger partial charge in [0.15, 0.2) is 23.1 Å². The third-order valence-electron chi connectivity index (χ3n) is 10.0. The highest BCUT2D eigenvalue weighted by molar-refractivity contribution is 7.16. The second-order valence-electron chi connectivity index (χ2n) is 13.4. The highest BCUT2D eigenvalue weighted by Crippen LogP contribution is 2.37. The minimum absolute atomic E-state index is 0.551. The predicted octanol–water partition coefficient (Wildman–Crippen LogP) is 12.1. The lowest BCUT2D eigenvalue weighted by atomic mass is 10.0. The molecule has 11 aromatic rings. The maximum absolute atomic E-state index is 6.45. The van der Waals surface area contributed by atoms with Crippen LogP contribution in [0.1, 0.15) is 0 Å². The zero-order chi connectivity index (χ0) is 36.3. The van der Waals surface area contributed by atoms with E-state index in [0.29, 0.717) is 28.9 Å². The van der Waals surface area contributed by atoms with Crippen LogP contribution in [0, 0.1) is 0 Å². The van der Waals surface area contributed by atoms with Crippen molar-refractivity contribution in [2.75, 3.05) is 0 Å². The topological polar surface area (TPSA) is 82.5 Å². The molecule has 0 amide bonds. The first kappa shape index (κ1) is 31.3. The summed E-state index contributed by atoms with van der Waals surface area (Å²) in [5, 5.41) is 2.39. The van der Waals surface area contributed by atoms with E-state index in [0.717, 1.165) is 61.1 Å². The van der Waals surface area contributed by atoms with Crippen molar-refractivity contribution in [1.82, 2.24) is 29.5 Å². The van der Waals surface area contributed by atoms with Crippen molar-refractivity contribution in [3.05, 3.63) is 169 Å². The number of fused-ring (bicyclic) bond motifs is 5. The Kier molecular flexibility index (Phi) is 7.21. The van der Waals surface area contributed by atoms with Crippen LogP contribution in [0.2, 0.25) is 0 Å². The number of aromatic nitrogens is 6. The summed E-state index contributed by atoms with van der Waals surface area (Å²) in [6.45, 7) is 0. The van der Waals surface area contributed by atoms with Crippen LogP contribution in [0.15, 0.2) is 174 Å². The van der Waals surface area contributed by atoms with Crippen LogP contribution in [0.4, 0.5) is 0 Å². The van der Waals surface area contributed by atoms with Gasteiger partial charge < -0.3 is 8.98 Å². The molecular formula is C47H28N6OS. The van der Waals surface area contributed by atoms with Gasteiger partial charge in [-0.25, -0.2) is 24.9 Å². The van der Waals surface area contributed by atoms with Gasteiger partial charge in [-0.1, -0.05) is 97.1 Å². The molecule has 0 saturated carbocycles. The Bertz CT molecular complexity index is 3160. The van der Waals surface area contributed by atoms with Gasteiger partial charge in [-0.2, -0.15) is 0 Å². The minimum atomic E-state index is 0.551. The lowest BCUT2D eigenvalue weighted by Crippen LogP contribution is -2.00. The highest BCUT2D eigenvalue weighted by atomic mass is 32.1. The Hall–Kier alpha value is -7.29. The first-order valence-electron chi connectivity index (χ1n) is 18.0. The molecule has 7 aromatic carbocycles. The molecule has 8 heteroatoms. The molecule has 0 N–H and O–H groups in total. The van der Waals surface area contributed by atoms with Crippen LogP contribution >= 0.6 is 11.3 Å². The Labute approximate surface area is 318 Å². The van der Waals surface area contributed by atoms with Gasteiger partial charge in [-0.15, -0.1) is 11.3 Å². The fraction of sp³-hybridized carbons (Fsp3) is 0. The highest BCUT2D eigenvalue weighted by Gasteiger charge is 2.17. The summed E-state index contributed by atoms with van der Waals surface area (Å²) in [7, 11) is 0. The monoisotopic (exact) mass is 724 g/mol. The zero-order valence-electron chi connectivity index (χ0n) is 29.2. The summed E-state index contributed by atoms with van der Waals surface area (Å²) >= 11 is 1.66. The van der Waals surface area contributed by atoms with Crippen LogP contribution in [0.3, 0.4) is 0 Å². The van der Waals surface area contributed by atoms with Crippen LogP contribution in [0.25, 0.3) is 106 Å². The Morgan fingerprint density at radius 1 is 0.436 bits per heavy atom. The fourth-order valence-electron chi connectivity index (χ4n) is 7.37. The molecule has 0 bridgehead atoms. The number of rotatable bonds is 6. The van der Waals surface area contributed by atoms with Crippen molar-refractivity contribution < 1.29 is 4.42 Å². The van der Waals surface area contributed by atoms with Gasteiger partial charge in [0.2, 0.25) is 5.89 Å². The third-order valence-corrected chi connectivity index (χ3v) is 10.8. The van der Waals surface area contributed by atoms with E-state index in [9.17, 15) is 0 Å². The van der Waals surface area contributed by atoms with E-state index in [2.05, 4.69) is 88.4 Å². The maximum atomic E-state index is 6.45. The molecule has 0 fully saturated rings. The Balaban J connectivity index is 0.966. The van der Waals surface area contributed by atoms with Crippen LogP contribution in [0.5, 0.6) is 0 Å². The fourth-order valence-corrected chi connectivity index (χ4v) is 8.03. The quantitative estimate of drug-likeness (QED) is 0.170. The zero-order valence-corrected chi connectivity index (χ0v) is 30.0. The molecule has 0 aliphatic heterocycles. The standard InChI is InChI=1S/C47H28N6OS/c1-3-10-29(11-4-1)44-50-45(30-12-5-2-6-13-30)52-46(51-44)33-18-21-38-42(26-33)54-47(49-38)34-15-9-14-31(24-34)32-19-22-41-37(25-32)36-16-7-8-17-40(36)53(41)35-20-23-43-39(27-35)48-28-55-43/h1-28H. The molecule has 0 atom stereocenters. The van der Waals surface area contributed by atoms with Crippen molar-refractivity contribution in [3.8, 4) is 62.4 Å². The molecule has 4 heterocycles. The summed E-state index contributed by atoms with van der Waals surface area (Å²) in [5.41, 5.74) is 13.5. The number of hydrogen-bond donors (Lipinski definition) is 0. The van der Waals surface area contributed by atoms with Crippen molar-refractivity contribution >= 4 is 54.5 Å². The van der Waals surface area contributed by atoms with E-state index >= 15 is 0 Å². The Morgan fingerprint density at radius 2 is 1.09 bits per heavy atom. The maximum Gasteiger partial charge on any atom is 0.227 e. The van der Waals surface area contributed by atoms with E-state index in [1.54, 1.807) is 11.3 Å². The van der Waals surface area contributed by atoms with E-state index in [-0.39, 0.29) is 0 Å². The summed E-state index contributed by atoms with van der Waals surface area (Å²) < 4.78 is 9.97. The van der Waals surface area contributed by atoms with Gasteiger partial charge in [0.1, 0.15) is 5.52 Å². The van der Waals surface area contributed by atoms with Crippen molar-refractivity contribution in [2.24, 2.45) is 0 Å². The van der Waals surface area contributed by atoms with Crippen LogP contribution in [-0.4, -0.2) is 29.5 Å². The van der Waals surface area contributed by atoms with Crippen LogP contribution < -0.4 is 0 Å². The summed E-state index contributed by atoms with van der Waals surface area (Å²) in [4.78, 5) is 24.1. The Morgan fingerprint density at radius 3 is 1.89 bits per heavy atom. The molecule has 4 aromatic heterocycles. The van der Waals surface area contributed by atoms with E-state index < -0.39 is 0 Å². The van der Waals surface area contributed by atoms with E-state index in [4.69, 9.17) is 24.4 Å². The normalized spacial score (nSPS) is 11.6. The smallest absolute Gasteiger partial charge is 0.227 e. The number of benzene rings is 7. The predicted molar refractivity (Wildman–Crippen MR) is 222 cm³/mol. The summed E-state index contributed by atoms with van der Waals surface area (Å²) in [6, 6.07) is 56.0. The second kappa shape index (κ2) is 12.7. The lowest BCUT2D eigenvalue weighted by molar-refractivity contribution is 0.620. The number of thiazole rings is 1. The molecular weight excluding hydrogens is 697 g/mol. The average Bonchev–Trinajstić information content (AvgIpc) is 3.99. The minimum Gasteiger partial charge on any atom is -0.436 e. The molecule has 0 radical (unpaired) electrons. The lowest BCUT2D eigenvalue weighted by Gasteiger charge is -2.09. The largest absolute Gasteiger partial charge is 0.436 e. The van der Waals surface area contributed by atoms with Gasteiger partial charge in [0.25, 0.3) is 0 Å². The first-order chi connectivity index (χ1) is 27.2.